The van der Waals surface area contributed by atoms with Crippen LogP contribution in [0.3, 0.4) is 0 Å². The lowest BCUT2D eigenvalue weighted by Crippen LogP contribution is -2.43. The maximum Gasteiger partial charge on any atom is 0.282 e. The van der Waals surface area contributed by atoms with Gasteiger partial charge < -0.3 is 0 Å². The summed E-state index contributed by atoms with van der Waals surface area (Å²) >= 11 is 0. The van der Waals surface area contributed by atoms with E-state index in [0.29, 0.717) is 0 Å². The van der Waals surface area contributed by atoms with Crippen LogP contribution in [0.15, 0.2) is 36.9 Å². The van der Waals surface area contributed by atoms with Gasteiger partial charge in [0.2, 0.25) is 0 Å². The minimum Gasteiger partial charge on any atom is -0.223 e. The lowest BCUT2D eigenvalue weighted by molar-refractivity contribution is 0.327. The Morgan fingerprint density at radius 1 is 1.04 bits per heavy atom. The molecular weight excluding hydrogens is 314 g/mol. The molecule has 0 radical (unpaired) electrons. The van der Waals surface area contributed by atoms with Gasteiger partial charge in [-0.15, -0.1) is 0 Å². The van der Waals surface area contributed by atoms with Gasteiger partial charge >= 0.3 is 0 Å². The van der Waals surface area contributed by atoms with Crippen LogP contribution in [0.4, 0.5) is 0 Å². The summed E-state index contributed by atoms with van der Waals surface area (Å²) in [7, 11) is -0.304. The van der Waals surface area contributed by atoms with E-state index in [9.17, 15) is 8.42 Å². The number of nitrogens with zero attached hydrogens (tertiary/aromatic N) is 5. The average molecular weight is 337 g/mol. The van der Waals surface area contributed by atoms with E-state index in [1.54, 1.807) is 25.1 Å². The van der Waals surface area contributed by atoms with Gasteiger partial charge in [-0.1, -0.05) is 12.1 Å². The fourth-order valence-electron chi connectivity index (χ4n) is 2.13. The average Bonchev–Trinajstić information content (AvgIpc) is 3.07. The lowest BCUT2D eigenvalue weighted by atomic mass is 10.1. The Balaban J connectivity index is 2.21. The number of hydrogen-bond donors (Lipinski definition) is 0. The van der Waals surface area contributed by atoms with Crippen LogP contribution in [0.25, 0.3) is 5.69 Å². The molecule has 1 atom stereocenters. The highest BCUT2D eigenvalue weighted by Crippen LogP contribution is 2.24. The van der Waals surface area contributed by atoms with Gasteiger partial charge in [0.15, 0.2) is 0 Å². The van der Waals surface area contributed by atoms with Gasteiger partial charge in [0.1, 0.15) is 12.7 Å². The van der Waals surface area contributed by atoms with E-state index in [2.05, 4.69) is 10.1 Å². The molecule has 0 N–H and O–H groups in total. The molecule has 0 unspecified atom stereocenters. The summed E-state index contributed by atoms with van der Waals surface area (Å²) in [6.07, 6.45) is 3.09. The first-order chi connectivity index (χ1) is 10.7. The molecule has 0 bridgehead atoms. The summed E-state index contributed by atoms with van der Waals surface area (Å²) in [5.74, 6) is 0. The Labute approximate surface area is 137 Å². The summed E-state index contributed by atoms with van der Waals surface area (Å²) in [4.78, 5) is 3.91. The van der Waals surface area contributed by atoms with Crippen LogP contribution in [0.2, 0.25) is 0 Å². The Morgan fingerprint density at radius 3 is 2.13 bits per heavy atom. The standard InChI is InChI=1S/C15H23N5O2S/c1-12(2)18(4)23(21,22)19(5)13(3)14-6-8-15(9-7-14)20-11-16-10-17-20/h6-13H,1-5H3/t13-/m0/s1. The maximum absolute atomic E-state index is 12.6. The number of hydrogen-bond acceptors (Lipinski definition) is 4. The lowest BCUT2D eigenvalue weighted by Gasteiger charge is -2.31. The summed E-state index contributed by atoms with van der Waals surface area (Å²) in [6, 6.07) is 7.24. The van der Waals surface area contributed by atoms with Crippen LogP contribution in [0.1, 0.15) is 32.4 Å². The van der Waals surface area contributed by atoms with Crippen LogP contribution in [0.5, 0.6) is 0 Å². The molecule has 23 heavy (non-hydrogen) atoms. The van der Waals surface area contributed by atoms with E-state index in [1.807, 2.05) is 45.0 Å². The third-order valence-electron chi connectivity index (χ3n) is 4.06. The van der Waals surface area contributed by atoms with Crippen molar-refractivity contribution in [2.45, 2.75) is 32.9 Å². The van der Waals surface area contributed by atoms with Crippen LogP contribution in [0, 0.1) is 0 Å². The fourth-order valence-corrected chi connectivity index (χ4v) is 3.59. The Kier molecular flexibility index (Phi) is 5.18. The predicted molar refractivity (Wildman–Crippen MR) is 89.4 cm³/mol. The van der Waals surface area contributed by atoms with Crippen molar-refractivity contribution < 1.29 is 8.42 Å². The molecule has 126 valence electrons. The zero-order chi connectivity index (χ0) is 17.2. The number of benzene rings is 1. The molecule has 1 heterocycles. The second-order valence-electron chi connectivity index (χ2n) is 5.74. The first-order valence-electron chi connectivity index (χ1n) is 7.41. The Morgan fingerprint density at radius 2 is 1.65 bits per heavy atom. The Bertz CT molecular complexity index is 726. The van der Waals surface area contributed by atoms with Crippen molar-refractivity contribution in [1.82, 2.24) is 23.4 Å². The molecule has 0 fully saturated rings. The van der Waals surface area contributed by atoms with Crippen molar-refractivity contribution in [2.75, 3.05) is 14.1 Å². The molecule has 8 heteroatoms. The van der Waals surface area contributed by atoms with E-state index in [1.165, 1.54) is 14.9 Å². The predicted octanol–water partition coefficient (Wildman–Crippen LogP) is 1.85. The van der Waals surface area contributed by atoms with Crippen LogP contribution in [-0.4, -0.2) is 51.9 Å². The second kappa shape index (κ2) is 6.77. The molecule has 0 saturated heterocycles. The molecule has 2 aromatic rings. The highest BCUT2D eigenvalue weighted by Gasteiger charge is 2.29. The smallest absolute Gasteiger partial charge is 0.223 e. The SMILES string of the molecule is CC(C)N(C)S(=O)(=O)N(C)[C@@H](C)c1ccc(-n2cncn2)cc1. The largest absolute Gasteiger partial charge is 0.282 e. The summed E-state index contributed by atoms with van der Waals surface area (Å²) in [5.41, 5.74) is 1.79. The molecule has 0 amide bonds. The third-order valence-corrected chi connectivity index (χ3v) is 6.25. The third kappa shape index (κ3) is 3.60. The van der Waals surface area contributed by atoms with Crippen LogP contribution in [-0.2, 0) is 10.2 Å². The van der Waals surface area contributed by atoms with Crippen molar-refractivity contribution in [3.63, 3.8) is 0 Å². The van der Waals surface area contributed by atoms with Gasteiger partial charge in [-0.2, -0.15) is 22.1 Å². The van der Waals surface area contributed by atoms with E-state index in [0.717, 1.165) is 11.3 Å². The van der Waals surface area contributed by atoms with Gasteiger partial charge in [-0.05, 0) is 38.5 Å². The molecule has 0 aliphatic carbocycles. The minimum absolute atomic E-state index is 0.0932. The quantitative estimate of drug-likeness (QED) is 0.806. The van der Waals surface area contributed by atoms with Crippen molar-refractivity contribution in [1.29, 1.82) is 0 Å². The van der Waals surface area contributed by atoms with Crippen molar-refractivity contribution >= 4 is 10.2 Å². The molecule has 1 aromatic heterocycles. The molecular formula is C15H23N5O2S. The van der Waals surface area contributed by atoms with Gasteiger partial charge in [-0.25, -0.2) is 9.67 Å². The zero-order valence-corrected chi connectivity index (χ0v) is 14.9. The van der Waals surface area contributed by atoms with Gasteiger partial charge in [-0.3, -0.25) is 0 Å². The molecule has 0 spiro atoms. The molecule has 0 aliphatic rings. The Hall–Kier alpha value is -1.77. The van der Waals surface area contributed by atoms with Gasteiger partial charge in [0.25, 0.3) is 10.2 Å². The minimum atomic E-state index is -3.50. The van der Waals surface area contributed by atoms with E-state index in [-0.39, 0.29) is 12.1 Å². The van der Waals surface area contributed by atoms with Gasteiger partial charge in [0.05, 0.1) is 5.69 Å². The molecule has 0 aliphatic heterocycles. The number of rotatable bonds is 6. The fraction of sp³-hybridized carbons (Fsp3) is 0.467. The summed E-state index contributed by atoms with van der Waals surface area (Å²) in [5, 5.41) is 4.07. The first kappa shape index (κ1) is 17.6. The molecule has 2 rings (SSSR count). The van der Waals surface area contributed by atoms with Crippen LogP contribution < -0.4 is 0 Å². The molecule has 1 aromatic carbocycles. The monoisotopic (exact) mass is 337 g/mol. The highest BCUT2D eigenvalue weighted by atomic mass is 32.2. The molecule has 0 saturated carbocycles. The van der Waals surface area contributed by atoms with Crippen molar-refractivity contribution in [3.05, 3.63) is 42.5 Å². The van der Waals surface area contributed by atoms with E-state index < -0.39 is 10.2 Å². The molecule has 7 nitrogen and oxygen atoms in total. The van der Waals surface area contributed by atoms with Crippen LogP contribution >= 0.6 is 0 Å². The zero-order valence-electron chi connectivity index (χ0n) is 14.1. The normalized spacial score (nSPS) is 13.9. The maximum atomic E-state index is 12.6. The second-order valence-corrected chi connectivity index (χ2v) is 7.79. The van der Waals surface area contributed by atoms with E-state index >= 15 is 0 Å². The topological polar surface area (TPSA) is 71.3 Å². The van der Waals surface area contributed by atoms with Gasteiger partial charge in [0, 0.05) is 26.2 Å². The first-order valence-corrected chi connectivity index (χ1v) is 8.80. The number of aromatic nitrogens is 3. The van der Waals surface area contributed by atoms with E-state index in [4.69, 9.17) is 0 Å². The van der Waals surface area contributed by atoms with Crippen molar-refractivity contribution in [2.24, 2.45) is 0 Å². The summed E-state index contributed by atoms with van der Waals surface area (Å²) < 4.78 is 29.5. The van der Waals surface area contributed by atoms with Crippen molar-refractivity contribution in [3.8, 4) is 5.69 Å². The highest BCUT2D eigenvalue weighted by molar-refractivity contribution is 7.86. The summed E-state index contributed by atoms with van der Waals surface area (Å²) in [6.45, 7) is 5.57.